The Morgan fingerprint density at radius 2 is 2.05 bits per heavy atom. The Labute approximate surface area is 114 Å². The average molecular weight is 278 g/mol. The predicted molar refractivity (Wildman–Crippen MR) is 70.8 cm³/mol. The van der Waals surface area contributed by atoms with Crippen molar-refractivity contribution in [2.45, 2.75) is 13.3 Å². The van der Waals surface area contributed by atoms with Gasteiger partial charge in [0.25, 0.3) is 0 Å². The summed E-state index contributed by atoms with van der Waals surface area (Å²) >= 11 is 1.36. The quantitative estimate of drug-likeness (QED) is 0.828. The van der Waals surface area contributed by atoms with Crippen molar-refractivity contribution in [1.29, 1.82) is 0 Å². The van der Waals surface area contributed by atoms with Gasteiger partial charge in [-0.2, -0.15) is 0 Å². The highest BCUT2D eigenvalue weighted by molar-refractivity contribution is 7.13. The molecule has 0 aromatic carbocycles. The lowest BCUT2D eigenvalue weighted by atomic mass is 9.82. The van der Waals surface area contributed by atoms with Crippen molar-refractivity contribution < 1.29 is 14.7 Å². The maximum Gasteiger partial charge on any atom is 0.307 e. The Hall–Kier alpha value is -1.69. The zero-order valence-corrected chi connectivity index (χ0v) is 11.2. The molecule has 3 rings (SSSR count). The molecule has 1 fully saturated rings. The molecule has 0 spiro atoms. The SMILES string of the molecule is Cc1csc(NC(=O)[C@H]2[C@H](C(=O)O)[C@H]3C=C[C@@H]2C3)n1. The summed E-state index contributed by atoms with van der Waals surface area (Å²) in [7, 11) is 0. The van der Waals surface area contributed by atoms with Crippen molar-refractivity contribution >= 4 is 28.3 Å². The number of carboxylic acid groups (broad SMARTS) is 1. The molecule has 0 aliphatic heterocycles. The number of aromatic nitrogens is 1. The van der Waals surface area contributed by atoms with Crippen molar-refractivity contribution in [3.8, 4) is 0 Å². The van der Waals surface area contributed by atoms with E-state index in [4.69, 9.17) is 0 Å². The van der Waals surface area contributed by atoms with Gasteiger partial charge in [-0.3, -0.25) is 9.59 Å². The summed E-state index contributed by atoms with van der Waals surface area (Å²) in [6.45, 7) is 1.85. The number of nitrogens with zero attached hydrogens (tertiary/aromatic N) is 1. The average Bonchev–Trinajstić information content (AvgIpc) is 3.03. The molecule has 0 radical (unpaired) electrons. The van der Waals surface area contributed by atoms with Crippen molar-refractivity contribution in [1.82, 2.24) is 4.98 Å². The fourth-order valence-corrected chi connectivity index (χ4v) is 3.81. The van der Waals surface area contributed by atoms with E-state index in [-0.39, 0.29) is 17.7 Å². The number of carbonyl (C=O) groups is 2. The molecule has 2 aliphatic rings. The molecule has 2 aliphatic carbocycles. The Morgan fingerprint density at radius 1 is 1.37 bits per heavy atom. The van der Waals surface area contributed by atoms with Gasteiger partial charge in [-0.1, -0.05) is 12.2 Å². The van der Waals surface area contributed by atoms with Crippen molar-refractivity contribution in [3.63, 3.8) is 0 Å². The van der Waals surface area contributed by atoms with Gasteiger partial charge in [0.2, 0.25) is 5.91 Å². The van der Waals surface area contributed by atoms with Crippen LogP contribution in [0, 0.1) is 30.6 Å². The fourth-order valence-electron chi connectivity index (χ4n) is 3.12. The van der Waals surface area contributed by atoms with Gasteiger partial charge in [0, 0.05) is 5.38 Å². The molecule has 4 atom stereocenters. The number of rotatable bonds is 3. The van der Waals surface area contributed by atoms with Gasteiger partial charge >= 0.3 is 5.97 Å². The van der Waals surface area contributed by atoms with E-state index in [0.29, 0.717) is 5.13 Å². The van der Waals surface area contributed by atoms with Crippen LogP contribution in [0.15, 0.2) is 17.5 Å². The molecular weight excluding hydrogens is 264 g/mol. The van der Waals surface area contributed by atoms with E-state index in [1.807, 2.05) is 24.5 Å². The summed E-state index contributed by atoms with van der Waals surface area (Å²) in [6, 6.07) is 0. The number of carbonyl (C=O) groups excluding carboxylic acids is 1. The maximum atomic E-state index is 12.3. The first-order valence-corrected chi connectivity index (χ1v) is 7.08. The minimum absolute atomic E-state index is 0.00344. The van der Waals surface area contributed by atoms with Crippen LogP contribution in [0.1, 0.15) is 12.1 Å². The number of aryl methyl sites for hydroxylation is 1. The molecule has 1 saturated carbocycles. The van der Waals surface area contributed by atoms with Gasteiger partial charge in [-0.15, -0.1) is 11.3 Å². The summed E-state index contributed by atoms with van der Waals surface area (Å²) in [5, 5.41) is 14.4. The molecule has 0 unspecified atom stereocenters. The van der Waals surface area contributed by atoms with Gasteiger partial charge in [-0.25, -0.2) is 4.98 Å². The Kier molecular flexibility index (Phi) is 2.89. The molecule has 2 bridgehead atoms. The second-order valence-electron chi connectivity index (χ2n) is 5.12. The van der Waals surface area contributed by atoms with E-state index in [9.17, 15) is 14.7 Å². The third-order valence-electron chi connectivity index (χ3n) is 3.90. The topological polar surface area (TPSA) is 79.3 Å². The van der Waals surface area contributed by atoms with E-state index >= 15 is 0 Å². The lowest BCUT2D eigenvalue weighted by Gasteiger charge is -2.23. The van der Waals surface area contributed by atoms with Gasteiger partial charge in [-0.05, 0) is 25.2 Å². The highest BCUT2D eigenvalue weighted by Crippen LogP contribution is 2.48. The highest BCUT2D eigenvalue weighted by atomic mass is 32.1. The number of thiazole rings is 1. The summed E-state index contributed by atoms with van der Waals surface area (Å²) in [4.78, 5) is 27.8. The maximum absolute atomic E-state index is 12.3. The molecule has 1 heterocycles. The van der Waals surface area contributed by atoms with E-state index in [1.165, 1.54) is 11.3 Å². The van der Waals surface area contributed by atoms with E-state index in [0.717, 1.165) is 12.1 Å². The second kappa shape index (κ2) is 4.45. The summed E-state index contributed by atoms with van der Waals surface area (Å²) in [5.41, 5.74) is 0.850. The summed E-state index contributed by atoms with van der Waals surface area (Å²) in [5.74, 6) is -2.14. The lowest BCUT2D eigenvalue weighted by molar-refractivity contribution is -0.146. The Morgan fingerprint density at radius 3 is 2.63 bits per heavy atom. The first-order valence-electron chi connectivity index (χ1n) is 6.20. The molecule has 6 heteroatoms. The number of allylic oxidation sites excluding steroid dienone is 2. The molecule has 1 aromatic rings. The standard InChI is InChI=1S/C13H14N2O3S/c1-6-5-19-13(14-6)15-11(16)9-7-2-3-8(4-7)10(9)12(17)18/h2-3,5,7-10H,4H2,1H3,(H,17,18)(H,14,15,16)/t7-,8+,9-,10-/m1/s1. The number of carboxylic acids is 1. The van der Waals surface area contributed by atoms with Crippen LogP contribution in [0.2, 0.25) is 0 Å². The normalized spacial score (nSPS) is 31.6. The number of aliphatic carboxylic acids is 1. The third-order valence-corrected chi connectivity index (χ3v) is 4.77. The molecular formula is C13H14N2O3S. The van der Waals surface area contributed by atoms with Crippen LogP contribution < -0.4 is 5.32 Å². The van der Waals surface area contributed by atoms with E-state index in [1.54, 1.807) is 0 Å². The predicted octanol–water partition coefficient (Wildman–Crippen LogP) is 1.91. The zero-order chi connectivity index (χ0) is 13.6. The highest BCUT2D eigenvalue weighted by Gasteiger charge is 2.51. The van der Waals surface area contributed by atoms with Crippen molar-refractivity contribution in [2.75, 3.05) is 5.32 Å². The van der Waals surface area contributed by atoms with Crippen LogP contribution >= 0.6 is 11.3 Å². The molecule has 0 saturated heterocycles. The first kappa shape index (κ1) is 12.3. The zero-order valence-electron chi connectivity index (χ0n) is 10.4. The Bertz CT molecular complexity index is 566. The van der Waals surface area contributed by atoms with Gasteiger partial charge < -0.3 is 10.4 Å². The van der Waals surface area contributed by atoms with Gasteiger partial charge in [0.15, 0.2) is 5.13 Å². The number of nitrogens with one attached hydrogen (secondary N) is 1. The molecule has 1 aromatic heterocycles. The smallest absolute Gasteiger partial charge is 0.307 e. The third kappa shape index (κ3) is 2.06. The fraction of sp³-hybridized carbons (Fsp3) is 0.462. The van der Waals surface area contributed by atoms with Crippen LogP contribution in [0.3, 0.4) is 0 Å². The number of amides is 1. The summed E-state index contributed by atoms with van der Waals surface area (Å²) < 4.78 is 0. The molecule has 1 amide bonds. The molecule has 5 nitrogen and oxygen atoms in total. The number of anilines is 1. The minimum Gasteiger partial charge on any atom is -0.481 e. The van der Waals surface area contributed by atoms with Gasteiger partial charge in [0.05, 0.1) is 17.5 Å². The van der Waals surface area contributed by atoms with E-state index < -0.39 is 17.8 Å². The minimum atomic E-state index is -0.882. The summed E-state index contributed by atoms with van der Waals surface area (Å²) in [6.07, 6.45) is 4.67. The molecule has 100 valence electrons. The number of fused-ring (bicyclic) bond motifs is 2. The van der Waals surface area contributed by atoms with Gasteiger partial charge in [0.1, 0.15) is 0 Å². The number of hydrogen-bond acceptors (Lipinski definition) is 4. The first-order chi connectivity index (χ1) is 9.06. The monoisotopic (exact) mass is 278 g/mol. The largest absolute Gasteiger partial charge is 0.481 e. The number of hydrogen-bond donors (Lipinski definition) is 2. The van der Waals surface area contributed by atoms with Crippen molar-refractivity contribution in [3.05, 3.63) is 23.2 Å². The van der Waals surface area contributed by atoms with E-state index in [2.05, 4.69) is 10.3 Å². The molecule has 19 heavy (non-hydrogen) atoms. The van der Waals surface area contributed by atoms with Crippen LogP contribution in [0.4, 0.5) is 5.13 Å². The lowest BCUT2D eigenvalue weighted by Crippen LogP contribution is -2.36. The van der Waals surface area contributed by atoms with Crippen LogP contribution in [0.5, 0.6) is 0 Å². The molecule has 2 N–H and O–H groups in total. The van der Waals surface area contributed by atoms with Crippen LogP contribution in [-0.2, 0) is 9.59 Å². The Balaban J connectivity index is 1.79. The van der Waals surface area contributed by atoms with Crippen molar-refractivity contribution in [2.24, 2.45) is 23.7 Å². The second-order valence-corrected chi connectivity index (χ2v) is 5.98. The van der Waals surface area contributed by atoms with Crippen LogP contribution in [0.25, 0.3) is 0 Å². The van der Waals surface area contributed by atoms with Crippen LogP contribution in [-0.4, -0.2) is 22.0 Å².